The number of carbonyl (C=O) groups is 1. The second kappa shape index (κ2) is 9.83. The fourth-order valence-corrected chi connectivity index (χ4v) is 5.29. The second-order valence-corrected chi connectivity index (χ2v) is 10.0. The molecule has 0 saturated carbocycles. The van der Waals surface area contributed by atoms with Crippen LogP contribution in [0.2, 0.25) is 5.02 Å². The number of rotatable bonds is 6. The zero-order valence-corrected chi connectivity index (χ0v) is 19.0. The van der Waals surface area contributed by atoms with Crippen LogP contribution in [0, 0.1) is 0 Å². The van der Waals surface area contributed by atoms with Crippen LogP contribution >= 0.6 is 11.6 Å². The summed E-state index contributed by atoms with van der Waals surface area (Å²) in [5, 5.41) is 3.40. The topological polar surface area (TPSA) is 69.7 Å². The van der Waals surface area contributed by atoms with Crippen LogP contribution in [-0.2, 0) is 16.6 Å². The first kappa shape index (κ1) is 22.5. The van der Waals surface area contributed by atoms with Gasteiger partial charge in [-0.1, -0.05) is 48.0 Å². The third kappa shape index (κ3) is 5.37. The molecule has 1 saturated heterocycles. The lowest BCUT2D eigenvalue weighted by molar-refractivity contribution is 0.102. The van der Waals surface area contributed by atoms with Gasteiger partial charge in [-0.3, -0.25) is 9.69 Å². The molecule has 3 aromatic rings. The second-order valence-electron chi connectivity index (χ2n) is 7.65. The van der Waals surface area contributed by atoms with Gasteiger partial charge in [-0.05, 0) is 48.0 Å². The minimum absolute atomic E-state index is 0.196. The zero-order valence-electron chi connectivity index (χ0n) is 17.4. The number of carbonyl (C=O) groups excluding carboxylic acids is 1. The number of piperazine rings is 1. The molecule has 1 amide bonds. The Hall–Kier alpha value is -2.71. The summed E-state index contributed by atoms with van der Waals surface area (Å²) in [6.07, 6.45) is 0. The number of nitrogens with zero attached hydrogens (tertiary/aromatic N) is 2. The summed E-state index contributed by atoms with van der Waals surface area (Å²) in [5.74, 6) is -0.196. The fraction of sp³-hybridized carbons (Fsp3) is 0.208. The molecule has 0 aromatic heterocycles. The van der Waals surface area contributed by atoms with Crippen molar-refractivity contribution in [1.82, 2.24) is 9.21 Å². The molecule has 1 N–H and O–H groups in total. The van der Waals surface area contributed by atoms with E-state index in [-0.39, 0.29) is 5.91 Å². The van der Waals surface area contributed by atoms with Gasteiger partial charge in [0.05, 0.1) is 4.90 Å². The van der Waals surface area contributed by atoms with Crippen molar-refractivity contribution in [3.8, 4) is 0 Å². The quantitative estimate of drug-likeness (QED) is 0.590. The van der Waals surface area contributed by atoms with Crippen LogP contribution in [0.15, 0.2) is 83.8 Å². The van der Waals surface area contributed by atoms with E-state index in [0.717, 1.165) is 5.56 Å². The van der Waals surface area contributed by atoms with Crippen molar-refractivity contribution >= 4 is 33.2 Å². The summed E-state index contributed by atoms with van der Waals surface area (Å²) in [7, 11) is -3.45. The number of sulfonamides is 1. The van der Waals surface area contributed by atoms with E-state index in [0.29, 0.717) is 53.9 Å². The van der Waals surface area contributed by atoms with E-state index in [1.807, 2.05) is 18.2 Å². The Morgan fingerprint density at radius 3 is 2.22 bits per heavy atom. The van der Waals surface area contributed by atoms with Crippen molar-refractivity contribution < 1.29 is 13.2 Å². The van der Waals surface area contributed by atoms with Gasteiger partial charge in [0, 0.05) is 49.0 Å². The Kier molecular flexibility index (Phi) is 6.91. The third-order valence-electron chi connectivity index (χ3n) is 5.42. The normalized spacial score (nSPS) is 15.4. The predicted octanol–water partition coefficient (Wildman–Crippen LogP) is 4.10. The van der Waals surface area contributed by atoms with Gasteiger partial charge in [-0.15, -0.1) is 0 Å². The largest absolute Gasteiger partial charge is 0.322 e. The molecule has 1 heterocycles. The smallest absolute Gasteiger partial charge is 0.255 e. The minimum Gasteiger partial charge on any atom is -0.322 e. The first-order valence-corrected chi connectivity index (χ1v) is 12.2. The van der Waals surface area contributed by atoms with Gasteiger partial charge < -0.3 is 5.32 Å². The molecule has 1 fully saturated rings. The van der Waals surface area contributed by atoms with E-state index >= 15 is 0 Å². The monoisotopic (exact) mass is 469 g/mol. The number of hydrogen-bond donors (Lipinski definition) is 1. The first-order chi connectivity index (χ1) is 15.4. The Morgan fingerprint density at radius 2 is 1.56 bits per heavy atom. The lowest BCUT2D eigenvalue weighted by Gasteiger charge is -2.34. The summed E-state index contributed by atoms with van der Waals surface area (Å²) in [5.41, 5.74) is 2.28. The lowest BCUT2D eigenvalue weighted by Crippen LogP contribution is -2.48. The molecule has 6 nitrogen and oxygen atoms in total. The fourth-order valence-electron chi connectivity index (χ4n) is 3.66. The lowest BCUT2D eigenvalue weighted by atomic mass is 10.1. The third-order valence-corrected chi connectivity index (χ3v) is 7.56. The average Bonchev–Trinajstić information content (AvgIpc) is 2.80. The minimum atomic E-state index is -3.45. The van der Waals surface area contributed by atoms with E-state index in [1.165, 1.54) is 0 Å². The zero-order chi connectivity index (χ0) is 22.6. The van der Waals surface area contributed by atoms with E-state index < -0.39 is 10.0 Å². The summed E-state index contributed by atoms with van der Waals surface area (Å²) < 4.78 is 27.1. The highest BCUT2D eigenvalue weighted by Crippen LogP contribution is 2.19. The summed E-state index contributed by atoms with van der Waals surface area (Å²) in [4.78, 5) is 15.0. The molecule has 0 radical (unpaired) electrons. The molecule has 3 aromatic carbocycles. The average molecular weight is 470 g/mol. The van der Waals surface area contributed by atoms with Crippen molar-refractivity contribution in [2.45, 2.75) is 11.4 Å². The highest BCUT2D eigenvalue weighted by molar-refractivity contribution is 7.89. The van der Waals surface area contributed by atoms with Gasteiger partial charge in [0.2, 0.25) is 10.0 Å². The van der Waals surface area contributed by atoms with Gasteiger partial charge in [0.25, 0.3) is 5.91 Å². The van der Waals surface area contributed by atoms with Gasteiger partial charge in [-0.25, -0.2) is 8.42 Å². The number of anilines is 1. The summed E-state index contributed by atoms with van der Waals surface area (Å²) in [6, 6.07) is 23.0. The van der Waals surface area contributed by atoms with Gasteiger partial charge in [0.1, 0.15) is 0 Å². The van der Waals surface area contributed by atoms with E-state index in [4.69, 9.17) is 11.6 Å². The van der Waals surface area contributed by atoms with Gasteiger partial charge >= 0.3 is 0 Å². The van der Waals surface area contributed by atoms with Crippen LogP contribution in [0.4, 0.5) is 5.69 Å². The molecule has 0 aliphatic carbocycles. The molecular formula is C24H24ClN3O3S. The number of benzene rings is 3. The molecule has 8 heteroatoms. The van der Waals surface area contributed by atoms with Crippen LogP contribution in [0.25, 0.3) is 0 Å². The Labute approximate surface area is 193 Å². The molecule has 32 heavy (non-hydrogen) atoms. The van der Waals surface area contributed by atoms with Crippen LogP contribution in [0.1, 0.15) is 15.9 Å². The van der Waals surface area contributed by atoms with E-state index in [1.54, 1.807) is 65.0 Å². The van der Waals surface area contributed by atoms with Crippen LogP contribution in [0.5, 0.6) is 0 Å². The molecule has 0 unspecified atom stereocenters. The Balaban J connectivity index is 1.31. The molecule has 1 aliphatic rings. The molecule has 0 atom stereocenters. The molecule has 0 bridgehead atoms. The van der Waals surface area contributed by atoms with Gasteiger partial charge in [0.15, 0.2) is 0 Å². The number of nitrogens with one attached hydrogen (secondary N) is 1. The summed E-state index contributed by atoms with van der Waals surface area (Å²) >= 11 is 5.96. The number of hydrogen-bond acceptors (Lipinski definition) is 4. The Bertz CT molecular complexity index is 1180. The summed E-state index contributed by atoms with van der Waals surface area (Å²) in [6.45, 7) is 2.93. The van der Waals surface area contributed by atoms with Crippen molar-refractivity contribution in [2.75, 3.05) is 31.5 Å². The Morgan fingerprint density at radius 1 is 0.875 bits per heavy atom. The van der Waals surface area contributed by atoms with Crippen LogP contribution in [-0.4, -0.2) is 49.7 Å². The van der Waals surface area contributed by atoms with Crippen LogP contribution < -0.4 is 5.32 Å². The van der Waals surface area contributed by atoms with Crippen LogP contribution in [0.3, 0.4) is 0 Å². The maximum absolute atomic E-state index is 12.8. The van der Waals surface area contributed by atoms with E-state index in [2.05, 4.69) is 10.2 Å². The first-order valence-electron chi connectivity index (χ1n) is 10.4. The molecule has 4 rings (SSSR count). The van der Waals surface area contributed by atoms with Crippen molar-refractivity contribution in [2.24, 2.45) is 0 Å². The number of amides is 1. The highest BCUT2D eigenvalue weighted by Gasteiger charge is 2.28. The molecular weight excluding hydrogens is 446 g/mol. The maximum atomic E-state index is 12.8. The van der Waals surface area contributed by atoms with E-state index in [9.17, 15) is 13.2 Å². The maximum Gasteiger partial charge on any atom is 0.255 e. The molecule has 166 valence electrons. The molecule has 0 spiro atoms. The molecule has 1 aliphatic heterocycles. The SMILES string of the molecule is O=C(Nc1cccc(Cl)c1)c1ccc(CN2CCN(S(=O)(=O)c3ccccc3)CC2)cc1. The standard InChI is InChI=1S/C24H24ClN3O3S/c25-21-5-4-6-22(17-21)26-24(29)20-11-9-19(10-12-20)18-27-13-15-28(16-14-27)32(30,31)23-7-2-1-3-8-23/h1-12,17H,13-16,18H2,(H,26,29). The number of halogens is 1. The van der Waals surface area contributed by atoms with Crippen molar-refractivity contribution in [3.05, 3.63) is 95.0 Å². The highest BCUT2D eigenvalue weighted by atomic mass is 35.5. The predicted molar refractivity (Wildman–Crippen MR) is 126 cm³/mol. The van der Waals surface area contributed by atoms with Crippen molar-refractivity contribution in [3.63, 3.8) is 0 Å². The van der Waals surface area contributed by atoms with Crippen molar-refractivity contribution in [1.29, 1.82) is 0 Å². The van der Waals surface area contributed by atoms with Gasteiger partial charge in [-0.2, -0.15) is 4.31 Å².